The number of carbonyl (C=O) groups is 4. The first-order valence-electron chi connectivity index (χ1n) is 18.8. The summed E-state index contributed by atoms with van der Waals surface area (Å²) in [5.74, 6) is -1.37. The molecular formula is C38H45FN6O7. The topological polar surface area (TPSA) is 157 Å². The van der Waals surface area contributed by atoms with E-state index in [0.717, 1.165) is 38.5 Å². The lowest BCUT2D eigenvalue weighted by Gasteiger charge is -2.36. The summed E-state index contributed by atoms with van der Waals surface area (Å²) in [7, 11) is 0. The Bertz CT molecular complexity index is 1880. The normalized spacial score (nSPS) is 28.9. The van der Waals surface area contributed by atoms with Gasteiger partial charge in [0, 0.05) is 44.1 Å². The van der Waals surface area contributed by atoms with Gasteiger partial charge in [0.05, 0.1) is 13.1 Å². The largest absolute Gasteiger partial charge is 0.444 e. The number of allylic oxidation sites excluding steroid dienone is 1. The number of benzene rings is 1. The Labute approximate surface area is 300 Å². The Kier molecular flexibility index (Phi) is 9.02. The highest BCUT2D eigenvalue weighted by molar-refractivity contribution is 5.98. The van der Waals surface area contributed by atoms with Crippen LogP contribution in [0.2, 0.25) is 0 Å². The molecule has 8 rings (SSSR count). The van der Waals surface area contributed by atoms with Crippen molar-refractivity contribution in [3.63, 3.8) is 0 Å². The van der Waals surface area contributed by atoms with E-state index in [-0.39, 0.29) is 43.6 Å². The molecule has 2 saturated heterocycles. The van der Waals surface area contributed by atoms with Gasteiger partial charge in [-0.3, -0.25) is 28.9 Å². The second kappa shape index (κ2) is 13.7. The highest BCUT2D eigenvalue weighted by Gasteiger charge is 2.61. The first kappa shape index (κ1) is 34.3. The molecule has 4 aliphatic heterocycles. The molecule has 4 fully saturated rings. The summed E-state index contributed by atoms with van der Waals surface area (Å²) in [5, 5.41) is 9.17. The molecule has 52 heavy (non-hydrogen) atoms. The van der Waals surface area contributed by atoms with Gasteiger partial charge in [-0.1, -0.05) is 37.1 Å². The van der Waals surface area contributed by atoms with Crippen LogP contribution in [0.15, 0.2) is 39.9 Å². The molecule has 2 aromatic carbocycles. The molecule has 4 heterocycles. The summed E-state index contributed by atoms with van der Waals surface area (Å²) < 4.78 is 20.4. The first-order valence-corrected chi connectivity index (χ1v) is 18.8. The first-order chi connectivity index (χ1) is 25.1. The molecule has 0 spiro atoms. The average molecular weight is 717 g/mol. The number of hydrogen-bond donors (Lipinski definition) is 3. The second-order valence-electron chi connectivity index (χ2n) is 15.4. The van der Waals surface area contributed by atoms with Crippen LogP contribution >= 0.6 is 0 Å². The van der Waals surface area contributed by atoms with Gasteiger partial charge in [-0.05, 0) is 62.5 Å². The smallest absolute Gasteiger partial charge is 0.410 e. The lowest BCUT2D eigenvalue weighted by molar-refractivity contribution is -0.140. The number of halogens is 1. The van der Waals surface area contributed by atoms with Crippen LogP contribution in [0.25, 0.3) is 0 Å². The molecule has 0 bridgehead atoms. The van der Waals surface area contributed by atoms with Gasteiger partial charge in [0.2, 0.25) is 17.7 Å². The summed E-state index contributed by atoms with van der Waals surface area (Å²) >= 11 is 0. The standard InChI is InChI=1S/C38H45FN6O7/c39-27-10-6-8-23-19-44(21-26(23)27)37(51)52-25-16-29-34(48)42-38(36(50)40-18-22-12-13-22)17-24(38)9-4-2-1-3-5-11-28(35(49)45(29)20-25)41-30-31(33(47)32(30)46)43-14-7-15-43/h4,6,8-10,22,24-25,28-29,41H,1-3,5,7,11-21H2,(H,40,50)(H,42,48)/t24-,25-,28+,29+,38-/m1/s1. The molecule has 2 saturated carbocycles. The molecule has 4 amide bonds. The number of rotatable bonds is 7. The summed E-state index contributed by atoms with van der Waals surface area (Å²) in [6, 6.07) is 2.70. The van der Waals surface area contributed by atoms with Crippen LogP contribution in [0.5, 0.6) is 0 Å². The Morgan fingerprint density at radius 2 is 1.83 bits per heavy atom. The van der Waals surface area contributed by atoms with E-state index in [2.05, 4.69) is 22.0 Å². The maximum atomic E-state index is 14.6. The van der Waals surface area contributed by atoms with Crippen molar-refractivity contribution >= 4 is 35.2 Å². The number of fused-ring (bicyclic) bond motifs is 3. The molecule has 14 heteroatoms. The number of nitrogens with one attached hydrogen (secondary N) is 3. The van der Waals surface area contributed by atoms with E-state index in [1.54, 1.807) is 12.1 Å². The van der Waals surface area contributed by atoms with Crippen molar-refractivity contribution < 1.29 is 28.3 Å². The molecular weight excluding hydrogens is 671 g/mol. The van der Waals surface area contributed by atoms with E-state index in [1.165, 1.54) is 15.9 Å². The van der Waals surface area contributed by atoms with Gasteiger partial charge in [0.1, 0.15) is 40.9 Å². The highest BCUT2D eigenvalue weighted by atomic mass is 19.1. The summed E-state index contributed by atoms with van der Waals surface area (Å²) in [4.78, 5) is 85.9. The average Bonchev–Trinajstić information content (AvgIpc) is 3.97. The Balaban J connectivity index is 1.05. The Morgan fingerprint density at radius 3 is 2.58 bits per heavy atom. The van der Waals surface area contributed by atoms with Crippen molar-refractivity contribution in [1.29, 1.82) is 0 Å². The molecule has 5 atom stereocenters. The number of amides is 4. The van der Waals surface area contributed by atoms with E-state index in [4.69, 9.17) is 4.74 Å². The van der Waals surface area contributed by atoms with E-state index in [1.807, 2.05) is 11.0 Å². The van der Waals surface area contributed by atoms with Crippen LogP contribution in [0.1, 0.15) is 75.3 Å². The van der Waals surface area contributed by atoms with Crippen LogP contribution in [0.3, 0.4) is 0 Å². The SMILES string of the molecule is O=C1N[C@]2(C(=O)NCC3CC3)C[C@H]2C=CCCCCC[C@H](Nc2c(N3CCC3)c(=O)c2=O)C(=O)N2C[C@H](OC(=O)N3Cc4cccc(F)c4C3)C[C@@H]12. The summed E-state index contributed by atoms with van der Waals surface area (Å²) in [6.45, 7) is 1.97. The number of nitrogens with zero attached hydrogens (tertiary/aromatic N) is 3. The molecule has 276 valence electrons. The second-order valence-corrected chi connectivity index (χ2v) is 15.4. The van der Waals surface area contributed by atoms with Crippen LogP contribution in [-0.2, 0) is 32.2 Å². The lowest BCUT2D eigenvalue weighted by atomic mass is 10.0. The van der Waals surface area contributed by atoms with Gasteiger partial charge >= 0.3 is 6.09 Å². The van der Waals surface area contributed by atoms with E-state index in [9.17, 15) is 33.2 Å². The maximum absolute atomic E-state index is 14.6. The van der Waals surface area contributed by atoms with E-state index < -0.39 is 58.3 Å². The molecule has 2 aliphatic carbocycles. The molecule has 6 aliphatic rings. The van der Waals surface area contributed by atoms with Gasteiger partial charge in [-0.25, -0.2) is 9.18 Å². The van der Waals surface area contributed by atoms with Crippen LogP contribution in [-0.4, -0.2) is 83.5 Å². The van der Waals surface area contributed by atoms with Gasteiger partial charge in [-0.15, -0.1) is 0 Å². The fourth-order valence-corrected chi connectivity index (χ4v) is 8.14. The Morgan fingerprint density at radius 1 is 1.00 bits per heavy atom. The summed E-state index contributed by atoms with van der Waals surface area (Å²) in [5.41, 5.74) is -0.845. The van der Waals surface area contributed by atoms with Gasteiger partial charge in [0.25, 0.3) is 10.9 Å². The van der Waals surface area contributed by atoms with Gasteiger partial charge in [-0.2, -0.15) is 0 Å². The van der Waals surface area contributed by atoms with Crippen molar-refractivity contribution in [3.8, 4) is 0 Å². The van der Waals surface area contributed by atoms with E-state index >= 15 is 0 Å². The minimum Gasteiger partial charge on any atom is -0.444 e. The predicted octanol–water partition coefficient (Wildman–Crippen LogP) is 2.46. The number of anilines is 2. The maximum Gasteiger partial charge on any atom is 0.410 e. The number of carbonyl (C=O) groups excluding carboxylic acids is 4. The van der Waals surface area contributed by atoms with Crippen LogP contribution < -0.4 is 31.7 Å². The molecule has 3 N–H and O–H groups in total. The van der Waals surface area contributed by atoms with Crippen molar-refractivity contribution in [2.75, 3.05) is 36.4 Å². The molecule has 0 unspecified atom stereocenters. The molecule has 2 aromatic rings. The highest BCUT2D eigenvalue weighted by Crippen LogP contribution is 2.46. The molecule has 0 radical (unpaired) electrons. The zero-order valence-electron chi connectivity index (χ0n) is 29.2. The number of hydrogen-bond acceptors (Lipinski definition) is 9. The van der Waals surface area contributed by atoms with Crippen LogP contribution in [0, 0.1) is 17.7 Å². The lowest BCUT2D eigenvalue weighted by Crippen LogP contribution is -2.57. The van der Waals surface area contributed by atoms with Crippen molar-refractivity contribution in [2.24, 2.45) is 11.8 Å². The number of ether oxygens (including phenoxy) is 1. The third kappa shape index (κ3) is 6.44. The van der Waals surface area contributed by atoms with Crippen molar-refractivity contribution in [1.82, 2.24) is 20.4 Å². The van der Waals surface area contributed by atoms with Crippen molar-refractivity contribution in [3.05, 3.63) is 67.7 Å². The minimum absolute atomic E-state index is 0.00932. The quantitative estimate of drug-likeness (QED) is 0.289. The van der Waals surface area contributed by atoms with E-state index in [0.29, 0.717) is 61.6 Å². The van der Waals surface area contributed by atoms with Gasteiger partial charge < -0.3 is 30.5 Å². The minimum atomic E-state index is -1.15. The summed E-state index contributed by atoms with van der Waals surface area (Å²) in [6.07, 6.45) is 9.40. The van der Waals surface area contributed by atoms with Crippen molar-refractivity contribution in [2.45, 2.75) is 101 Å². The monoisotopic (exact) mass is 716 g/mol. The zero-order chi connectivity index (χ0) is 36.1. The zero-order valence-corrected chi connectivity index (χ0v) is 29.2. The van der Waals surface area contributed by atoms with Gasteiger partial charge in [0.15, 0.2) is 0 Å². The molecule has 0 aromatic heterocycles. The third-order valence-corrected chi connectivity index (χ3v) is 11.7. The third-order valence-electron chi connectivity index (χ3n) is 11.7. The fourth-order valence-electron chi connectivity index (χ4n) is 8.14. The fraction of sp³-hybridized carbons (Fsp3) is 0.579. The predicted molar refractivity (Wildman–Crippen MR) is 189 cm³/mol. The Hall–Kier alpha value is -4.75. The van der Waals surface area contributed by atoms with Crippen LogP contribution in [0.4, 0.5) is 20.6 Å². The molecule has 13 nitrogen and oxygen atoms in total.